The highest BCUT2D eigenvalue weighted by Gasteiger charge is 2.12. The molecule has 0 atom stereocenters. The Morgan fingerprint density at radius 3 is 2.60 bits per heavy atom. The number of hydrogen-bond donors (Lipinski definition) is 3. The van der Waals surface area contributed by atoms with Crippen molar-refractivity contribution < 1.29 is 0 Å². The second-order valence-corrected chi connectivity index (χ2v) is 5.69. The lowest BCUT2D eigenvalue weighted by molar-refractivity contribution is 0.978. The Labute approximate surface area is 122 Å². The topological polar surface area (TPSA) is 116 Å². The molecule has 0 bridgehead atoms. The maximum Gasteiger partial charge on any atom is 0.224 e. The van der Waals surface area contributed by atoms with Crippen molar-refractivity contribution in [3.8, 4) is 0 Å². The molecule has 3 heterocycles. The molecule has 20 heavy (non-hydrogen) atoms. The molecule has 0 aliphatic heterocycles. The van der Waals surface area contributed by atoms with Gasteiger partial charge in [-0.25, -0.2) is 19.9 Å². The van der Waals surface area contributed by atoms with Crippen molar-refractivity contribution in [2.75, 3.05) is 23.8 Å². The van der Waals surface area contributed by atoms with Crippen LogP contribution in [0.1, 0.15) is 0 Å². The van der Waals surface area contributed by atoms with Crippen LogP contribution in [-0.2, 0) is 0 Å². The zero-order valence-electron chi connectivity index (χ0n) is 10.5. The highest BCUT2D eigenvalue weighted by molar-refractivity contribution is 7.99. The van der Waals surface area contributed by atoms with E-state index in [1.807, 2.05) is 11.4 Å². The Kier molecular flexibility index (Phi) is 3.28. The minimum atomic E-state index is 0.337. The molecule has 102 valence electrons. The van der Waals surface area contributed by atoms with Crippen LogP contribution in [0.2, 0.25) is 0 Å². The van der Waals surface area contributed by atoms with E-state index in [0.29, 0.717) is 22.7 Å². The molecule has 0 unspecified atom stereocenters. The fourth-order valence-electron chi connectivity index (χ4n) is 1.61. The second-order valence-electron chi connectivity index (χ2n) is 3.84. The second kappa shape index (κ2) is 5.10. The molecule has 7 nitrogen and oxygen atoms in total. The normalized spacial score (nSPS) is 10.8. The van der Waals surface area contributed by atoms with Crippen LogP contribution in [-0.4, -0.2) is 27.0 Å². The minimum absolute atomic E-state index is 0.337. The Bertz CT molecular complexity index is 750. The summed E-state index contributed by atoms with van der Waals surface area (Å²) in [5.41, 5.74) is 11.3. The fourth-order valence-corrected chi connectivity index (χ4v) is 3.32. The van der Waals surface area contributed by atoms with Gasteiger partial charge in [-0.2, -0.15) is 0 Å². The highest BCUT2D eigenvalue weighted by Crippen LogP contribution is 2.33. The number of hydrogen-bond acceptors (Lipinski definition) is 9. The molecule has 0 amide bonds. The summed E-state index contributed by atoms with van der Waals surface area (Å²) in [6.45, 7) is 0. The maximum atomic E-state index is 5.67. The summed E-state index contributed by atoms with van der Waals surface area (Å²) in [5, 5.41) is 7.11. The smallest absolute Gasteiger partial charge is 0.224 e. The number of fused-ring (bicyclic) bond motifs is 1. The van der Waals surface area contributed by atoms with Gasteiger partial charge in [0.15, 0.2) is 5.16 Å². The molecule has 3 aromatic heterocycles. The molecule has 5 N–H and O–H groups in total. The summed E-state index contributed by atoms with van der Waals surface area (Å²) in [5.74, 6) is 1.23. The van der Waals surface area contributed by atoms with Gasteiger partial charge < -0.3 is 16.8 Å². The summed E-state index contributed by atoms with van der Waals surface area (Å²) in [6, 6.07) is 3.49. The molecule has 3 aromatic rings. The molecule has 0 saturated heterocycles. The summed E-state index contributed by atoms with van der Waals surface area (Å²) < 4.78 is 0. The van der Waals surface area contributed by atoms with Crippen LogP contribution in [0.4, 0.5) is 17.6 Å². The van der Waals surface area contributed by atoms with Gasteiger partial charge in [0.2, 0.25) is 5.95 Å². The van der Waals surface area contributed by atoms with Crippen molar-refractivity contribution in [3.63, 3.8) is 0 Å². The van der Waals surface area contributed by atoms with E-state index in [-0.39, 0.29) is 0 Å². The van der Waals surface area contributed by atoms with Gasteiger partial charge in [-0.05, 0) is 23.2 Å². The predicted molar refractivity (Wildman–Crippen MR) is 81.9 cm³/mol. The van der Waals surface area contributed by atoms with Crippen LogP contribution in [0.15, 0.2) is 27.7 Å². The van der Waals surface area contributed by atoms with E-state index in [9.17, 15) is 0 Å². The molecule has 3 rings (SSSR count). The van der Waals surface area contributed by atoms with E-state index in [0.717, 1.165) is 15.2 Å². The number of aromatic nitrogens is 4. The Hall–Kier alpha value is -2.13. The lowest BCUT2D eigenvalue weighted by Crippen LogP contribution is -2.00. The molecular formula is C11H11N7S2. The number of thiophene rings is 1. The van der Waals surface area contributed by atoms with E-state index in [4.69, 9.17) is 11.5 Å². The average Bonchev–Trinajstić information content (AvgIpc) is 2.85. The van der Waals surface area contributed by atoms with Crippen LogP contribution in [0.25, 0.3) is 10.2 Å². The molecule has 0 radical (unpaired) electrons. The summed E-state index contributed by atoms with van der Waals surface area (Å²) in [7, 11) is 1.78. The first-order valence-corrected chi connectivity index (χ1v) is 7.36. The van der Waals surface area contributed by atoms with Gasteiger partial charge in [-0.3, -0.25) is 0 Å². The third-order valence-electron chi connectivity index (χ3n) is 2.45. The molecule has 0 spiro atoms. The lowest BCUT2D eigenvalue weighted by atomic mass is 10.4. The Morgan fingerprint density at radius 1 is 1.15 bits per heavy atom. The first-order chi connectivity index (χ1) is 9.65. The van der Waals surface area contributed by atoms with Gasteiger partial charge in [-0.15, -0.1) is 11.3 Å². The molecule has 0 fully saturated rings. The minimum Gasteiger partial charge on any atom is -0.383 e. The SMILES string of the molecule is CNc1nc(Sc2nc(N)cc(N)n2)c2ccsc2n1. The van der Waals surface area contributed by atoms with Crippen LogP contribution in [0.3, 0.4) is 0 Å². The summed E-state index contributed by atoms with van der Waals surface area (Å²) in [4.78, 5) is 18.0. The van der Waals surface area contributed by atoms with Gasteiger partial charge in [0, 0.05) is 18.5 Å². The van der Waals surface area contributed by atoms with Crippen molar-refractivity contribution >= 4 is 50.9 Å². The highest BCUT2D eigenvalue weighted by atomic mass is 32.2. The molecular weight excluding hydrogens is 294 g/mol. The average molecular weight is 305 g/mol. The third kappa shape index (κ3) is 2.45. The van der Waals surface area contributed by atoms with Crippen LogP contribution < -0.4 is 16.8 Å². The number of nitrogens with two attached hydrogens (primary N) is 2. The van der Waals surface area contributed by atoms with Gasteiger partial charge in [-0.1, -0.05) is 0 Å². The van der Waals surface area contributed by atoms with E-state index in [1.165, 1.54) is 17.8 Å². The number of nitrogen functional groups attached to an aromatic ring is 2. The zero-order valence-corrected chi connectivity index (χ0v) is 12.1. The summed E-state index contributed by atoms with van der Waals surface area (Å²) in [6.07, 6.45) is 0. The van der Waals surface area contributed by atoms with Crippen molar-refractivity contribution in [3.05, 3.63) is 17.5 Å². The van der Waals surface area contributed by atoms with Gasteiger partial charge in [0.25, 0.3) is 0 Å². The van der Waals surface area contributed by atoms with Crippen molar-refractivity contribution in [2.45, 2.75) is 10.2 Å². The standard InChI is InChI=1S/C11H11N7S2/c1-14-10-17-8-5(2-3-19-8)9(18-10)20-11-15-6(12)4-7(13)16-11/h2-4H,1H3,(H,14,17,18)(H4,12,13,15,16). The summed E-state index contributed by atoms with van der Waals surface area (Å²) >= 11 is 2.87. The predicted octanol–water partition coefficient (Wildman–Crippen LogP) is 1.84. The fraction of sp³-hybridized carbons (Fsp3) is 0.0909. The molecule has 0 saturated carbocycles. The van der Waals surface area contributed by atoms with Crippen molar-refractivity contribution in [2.24, 2.45) is 0 Å². The van der Waals surface area contributed by atoms with Crippen molar-refractivity contribution in [1.82, 2.24) is 19.9 Å². The number of nitrogens with zero attached hydrogens (tertiary/aromatic N) is 4. The van der Waals surface area contributed by atoms with E-state index >= 15 is 0 Å². The lowest BCUT2D eigenvalue weighted by Gasteiger charge is -2.05. The van der Waals surface area contributed by atoms with Crippen LogP contribution in [0, 0.1) is 0 Å². The van der Waals surface area contributed by atoms with Gasteiger partial charge in [0.05, 0.1) is 0 Å². The Morgan fingerprint density at radius 2 is 1.90 bits per heavy atom. The number of rotatable bonds is 3. The largest absolute Gasteiger partial charge is 0.383 e. The van der Waals surface area contributed by atoms with Gasteiger partial charge >= 0.3 is 0 Å². The van der Waals surface area contributed by atoms with Crippen LogP contribution >= 0.6 is 23.1 Å². The first kappa shape index (κ1) is 12.9. The molecule has 0 aliphatic rings. The molecule has 0 aliphatic carbocycles. The number of anilines is 3. The van der Waals surface area contributed by atoms with E-state index in [1.54, 1.807) is 18.4 Å². The van der Waals surface area contributed by atoms with Crippen molar-refractivity contribution in [1.29, 1.82) is 0 Å². The first-order valence-electron chi connectivity index (χ1n) is 5.66. The van der Waals surface area contributed by atoms with Gasteiger partial charge in [0.1, 0.15) is 21.5 Å². The number of nitrogens with one attached hydrogen (secondary N) is 1. The molecule has 9 heteroatoms. The quantitative estimate of drug-likeness (QED) is 0.496. The monoisotopic (exact) mass is 305 g/mol. The van der Waals surface area contributed by atoms with E-state index in [2.05, 4.69) is 25.3 Å². The Balaban J connectivity index is 2.07. The van der Waals surface area contributed by atoms with E-state index < -0.39 is 0 Å². The zero-order chi connectivity index (χ0) is 14.1. The maximum absolute atomic E-state index is 5.67. The van der Waals surface area contributed by atoms with Crippen LogP contribution in [0.5, 0.6) is 0 Å². The molecule has 0 aromatic carbocycles. The third-order valence-corrected chi connectivity index (χ3v) is 4.12.